The predicted octanol–water partition coefficient (Wildman–Crippen LogP) is 6.68. The molecule has 4 aromatic carbocycles. The fourth-order valence-corrected chi connectivity index (χ4v) is 3.65. The molecule has 1 heterocycles. The van der Waals surface area contributed by atoms with Crippen LogP contribution in [-0.2, 0) is 0 Å². The average molecular weight is 394 g/mol. The Morgan fingerprint density at radius 2 is 1.10 bits per heavy atom. The molecule has 0 bridgehead atoms. The van der Waals surface area contributed by atoms with Crippen molar-refractivity contribution in [1.82, 2.24) is 15.0 Å². The topological polar surface area (TPSA) is 38.7 Å². The smallest absolute Gasteiger partial charge is 0.208 e. The van der Waals surface area contributed by atoms with Gasteiger partial charge in [0.15, 0.2) is 11.6 Å². The molecule has 29 heavy (non-hydrogen) atoms. The molecule has 0 fully saturated rings. The zero-order valence-electron chi connectivity index (χ0n) is 15.5. The maximum Gasteiger partial charge on any atom is 0.226 e. The molecule has 0 radical (unpaired) electrons. The first-order valence-corrected chi connectivity index (χ1v) is 9.71. The lowest BCUT2D eigenvalue weighted by Crippen LogP contribution is -1.97. The van der Waals surface area contributed by atoms with Gasteiger partial charge in [-0.1, -0.05) is 84.9 Å². The number of hydrogen-bond acceptors (Lipinski definition) is 3. The lowest BCUT2D eigenvalue weighted by molar-refractivity contribution is 1.07. The molecular weight excluding hydrogens is 378 g/mol. The standard InChI is InChI=1S/C25H16ClN3/c26-25-28-23(18-11-5-2-6-12-18)27-24(29-25)20-15-19-13-7-8-14-21(19)22(16-20)17-9-3-1-4-10-17/h1-16H. The third-order valence-corrected chi connectivity index (χ3v) is 5.01. The van der Waals surface area contributed by atoms with Crippen LogP contribution in [0.25, 0.3) is 44.7 Å². The molecule has 0 spiro atoms. The molecule has 0 unspecified atom stereocenters. The van der Waals surface area contributed by atoms with Gasteiger partial charge in [-0.05, 0) is 45.6 Å². The summed E-state index contributed by atoms with van der Waals surface area (Å²) in [5.41, 5.74) is 4.09. The van der Waals surface area contributed by atoms with Crippen LogP contribution in [0.2, 0.25) is 5.28 Å². The average Bonchev–Trinajstić information content (AvgIpc) is 2.79. The molecule has 5 aromatic rings. The minimum absolute atomic E-state index is 0.184. The van der Waals surface area contributed by atoms with Gasteiger partial charge in [-0.15, -0.1) is 0 Å². The summed E-state index contributed by atoms with van der Waals surface area (Å²) in [5, 5.41) is 2.50. The molecule has 5 rings (SSSR count). The Hall–Kier alpha value is -3.56. The van der Waals surface area contributed by atoms with Crippen LogP contribution in [0.15, 0.2) is 97.1 Å². The second-order valence-corrected chi connectivity index (χ2v) is 7.07. The van der Waals surface area contributed by atoms with Crippen molar-refractivity contribution < 1.29 is 0 Å². The van der Waals surface area contributed by atoms with E-state index in [0.717, 1.165) is 27.6 Å². The van der Waals surface area contributed by atoms with E-state index in [0.29, 0.717) is 11.6 Å². The Labute approximate surface area is 173 Å². The Morgan fingerprint density at radius 3 is 1.83 bits per heavy atom. The predicted molar refractivity (Wildman–Crippen MR) is 119 cm³/mol. The van der Waals surface area contributed by atoms with Gasteiger partial charge in [0.05, 0.1) is 0 Å². The van der Waals surface area contributed by atoms with Gasteiger partial charge >= 0.3 is 0 Å². The molecule has 0 aliphatic rings. The van der Waals surface area contributed by atoms with Gasteiger partial charge in [-0.25, -0.2) is 4.98 Å². The third-order valence-electron chi connectivity index (χ3n) is 4.84. The normalized spacial score (nSPS) is 10.9. The van der Waals surface area contributed by atoms with Crippen molar-refractivity contribution >= 4 is 22.4 Å². The molecule has 0 N–H and O–H groups in total. The van der Waals surface area contributed by atoms with Crippen molar-refractivity contribution in [1.29, 1.82) is 0 Å². The summed E-state index contributed by atoms with van der Waals surface area (Å²) in [4.78, 5) is 13.4. The van der Waals surface area contributed by atoms with E-state index in [-0.39, 0.29) is 5.28 Å². The Morgan fingerprint density at radius 1 is 0.517 bits per heavy atom. The minimum atomic E-state index is 0.184. The highest BCUT2D eigenvalue weighted by atomic mass is 35.5. The Bertz CT molecular complexity index is 1300. The second kappa shape index (κ2) is 7.46. The minimum Gasteiger partial charge on any atom is -0.208 e. The van der Waals surface area contributed by atoms with Gasteiger partial charge < -0.3 is 0 Å². The molecule has 0 saturated heterocycles. The van der Waals surface area contributed by atoms with Crippen LogP contribution in [0, 0.1) is 0 Å². The monoisotopic (exact) mass is 393 g/mol. The second-order valence-electron chi connectivity index (χ2n) is 6.73. The van der Waals surface area contributed by atoms with Crippen LogP contribution in [0.3, 0.4) is 0 Å². The number of rotatable bonds is 3. The van der Waals surface area contributed by atoms with E-state index in [9.17, 15) is 0 Å². The van der Waals surface area contributed by atoms with Gasteiger partial charge in [0.1, 0.15) is 0 Å². The molecule has 3 nitrogen and oxygen atoms in total. The zero-order chi connectivity index (χ0) is 19.6. The van der Waals surface area contributed by atoms with Crippen molar-refractivity contribution in [3.63, 3.8) is 0 Å². The van der Waals surface area contributed by atoms with Gasteiger partial charge in [0.25, 0.3) is 0 Å². The number of aromatic nitrogens is 3. The van der Waals surface area contributed by atoms with E-state index in [1.165, 1.54) is 5.39 Å². The van der Waals surface area contributed by atoms with E-state index in [1.807, 2.05) is 54.6 Å². The first-order valence-electron chi connectivity index (χ1n) is 9.33. The van der Waals surface area contributed by atoms with Crippen molar-refractivity contribution in [2.45, 2.75) is 0 Å². The molecule has 0 saturated carbocycles. The Balaban J connectivity index is 1.73. The third kappa shape index (κ3) is 3.48. The molecule has 0 aliphatic heterocycles. The summed E-state index contributed by atoms with van der Waals surface area (Å²) >= 11 is 6.26. The van der Waals surface area contributed by atoms with Crippen molar-refractivity contribution in [3.8, 4) is 33.9 Å². The fraction of sp³-hybridized carbons (Fsp3) is 0. The van der Waals surface area contributed by atoms with Crippen LogP contribution < -0.4 is 0 Å². The number of fused-ring (bicyclic) bond motifs is 1. The number of hydrogen-bond donors (Lipinski definition) is 0. The molecule has 0 atom stereocenters. The summed E-state index contributed by atoms with van der Waals surface area (Å²) in [7, 11) is 0. The molecule has 0 amide bonds. The number of benzene rings is 4. The molecule has 1 aromatic heterocycles. The highest BCUT2D eigenvalue weighted by Crippen LogP contribution is 2.33. The highest BCUT2D eigenvalue weighted by Gasteiger charge is 2.13. The van der Waals surface area contributed by atoms with E-state index < -0.39 is 0 Å². The van der Waals surface area contributed by atoms with Crippen LogP contribution in [0.5, 0.6) is 0 Å². The van der Waals surface area contributed by atoms with Gasteiger partial charge in [-0.2, -0.15) is 9.97 Å². The zero-order valence-corrected chi connectivity index (χ0v) is 16.2. The van der Waals surface area contributed by atoms with Crippen molar-refractivity contribution in [2.75, 3.05) is 0 Å². The summed E-state index contributed by atoms with van der Waals surface area (Å²) in [6.45, 7) is 0. The lowest BCUT2D eigenvalue weighted by atomic mass is 9.95. The summed E-state index contributed by atoms with van der Waals surface area (Å²) in [5.74, 6) is 1.13. The lowest BCUT2D eigenvalue weighted by Gasteiger charge is -2.11. The molecule has 138 valence electrons. The SMILES string of the molecule is Clc1nc(-c2ccccc2)nc(-c2cc(-c3ccccc3)c3ccccc3c2)n1. The fourth-order valence-electron chi connectivity index (χ4n) is 3.49. The first kappa shape index (κ1) is 17.5. The van der Waals surface area contributed by atoms with Crippen LogP contribution in [0.4, 0.5) is 0 Å². The number of nitrogens with zero attached hydrogens (tertiary/aromatic N) is 3. The van der Waals surface area contributed by atoms with Crippen LogP contribution in [-0.4, -0.2) is 15.0 Å². The highest BCUT2D eigenvalue weighted by molar-refractivity contribution is 6.28. The largest absolute Gasteiger partial charge is 0.226 e. The van der Waals surface area contributed by atoms with E-state index in [2.05, 4.69) is 52.4 Å². The van der Waals surface area contributed by atoms with E-state index in [4.69, 9.17) is 16.6 Å². The van der Waals surface area contributed by atoms with Gasteiger partial charge in [0, 0.05) is 11.1 Å². The molecule has 4 heteroatoms. The van der Waals surface area contributed by atoms with Crippen LogP contribution >= 0.6 is 11.6 Å². The Kier molecular flexibility index (Phi) is 4.51. The maximum atomic E-state index is 6.26. The molecular formula is C25H16ClN3. The van der Waals surface area contributed by atoms with Crippen LogP contribution in [0.1, 0.15) is 0 Å². The van der Waals surface area contributed by atoms with E-state index in [1.54, 1.807) is 0 Å². The van der Waals surface area contributed by atoms with Crippen molar-refractivity contribution in [3.05, 3.63) is 102 Å². The summed E-state index contributed by atoms with van der Waals surface area (Å²) in [6.07, 6.45) is 0. The van der Waals surface area contributed by atoms with Crippen molar-refractivity contribution in [2.24, 2.45) is 0 Å². The number of halogens is 1. The van der Waals surface area contributed by atoms with E-state index >= 15 is 0 Å². The first-order chi connectivity index (χ1) is 14.3. The van der Waals surface area contributed by atoms with Gasteiger partial charge in [-0.3, -0.25) is 0 Å². The maximum absolute atomic E-state index is 6.26. The summed E-state index contributed by atoms with van der Waals surface area (Å²) < 4.78 is 0. The quantitative estimate of drug-likeness (QED) is 0.343. The molecule has 0 aliphatic carbocycles. The van der Waals surface area contributed by atoms with Gasteiger partial charge in [0.2, 0.25) is 5.28 Å². The summed E-state index contributed by atoms with van der Waals surface area (Å²) in [6, 6.07) is 32.7.